The molecule has 0 saturated carbocycles. The molecule has 0 aliphatic carbocycles. The van der Waals surface area contributed by atoms with Gasteiger partial charge in [0.2, 0.25) is 0 Å². The summed E-state index contributed by atoms with van der Waals surface area (Å²) in [5.74, 6) is 0. The van der Waals surface area contributed by atoms with Gasteiger partial charge >= 0.3 is 0 Å². The number of hydrogen-bond donors (Lipinski definition) is 0. The highest BCUT2D eigenvalue weighted by Gasteiger charge is 1.98. The lowest BCUT2D eigenvalue weighted by Gasteiger charge is -2.01. The average molecular weight is 318 g/mol. The summed E-state index contributed by atoms with van der Waals surface area (Å²) in [6.07, 6.45) is 9.39. The van der Waals surface area contributed by atoms with Crippen molar-refractivity contribution in [2.75, 3.05) is 5.33 Å². The summed E-state index contributed by atoms with van der Waals surface area (Å²) in [6, 6.07) is 0. The standard InChI is InChI=1S/C10H19Br2F/c11-9-7-5-3-1-2-4-6-8-10(12)13/h10H,1-9H2. The Morgan fingerprint density at radius 3 is 1.77 bits per heavy atom. The molecule has 3 heteroatoms. The van der Waals surface area contributed by atoms with E-state index in [4.69, 9.17) is 0 Å². The van der Waals surface area contributed by atoms with Crippen LogP contribution in [0.5, 0.6) is 0 Å². The highest BCUT2D eigenvalue weighted by atomic mass is 79.9. The minimum Gasteiger partial charge on any atom is -0.235 e. The molecule has 1 atom stereocenters. The molecule has 0 amide bonds. The molecule has 0 rings (SSSR count). The molecule has 0 N–H and O–H groups in total. The normalized spacial score (nSPS) is 13.2. The highest BCUT2D eigenvalue weighted by Crippen LogP contribution is 2.14. The third-order valence-corrected chi connectivity index (χ3v) is 3.07. The third-order valence-electron chi connectivity index (χ3n) is 2.06. The van der Waals surface area contributed by atoms with Crippen LogP contribution in [0, 0.1) is 0 Å². The Morgan fingerprint density at radius 2 is 1.31 bits per heavy atom. The Balaban J connectivity index is 2.84. The van der Waals surface area contributed by atoms with Gasteiger partial charge in [0.05, 0.1) is 0 Å². The maximum atomic E-state index is 12.3. The molecule has 0 heterocycles. The minimum absolute atomic E-state index is 0.668. The van der Waals surface area contributed by atoms with Gasteiger partial charge in [0, 0.05) is 5.33 Å². The molecular formula is C10H19Br2F. The summed E-state index contributed by atoms with van der Waals surface area (Å²) in [5.41, 5.74) is 0. The fourth-order valence-corrected chi connectivity index (χ4v) is 2.00. The number of unbranched alkanes of at least 4 members (excludes halogenated alkanes) is 6. The summed E-state index contributed by atoms with van der Waals surface area (Å²) in [7, 11) is 0. The van der Waals surface area contributed by atoms with Gasteiger partial charge in [-0.3, -0.25) is 0 Å². The molecule has 80 valence electrons. The first-order valence-electron chi connectivity index (χ1n) is 5.11. The lowest BCUT2D eigenvalue weighted by molar-refractivity contribution is 0.419. The first kappa shape index (κ1) is 13.9. The van der Waals surface area contributed by atoms with Crippen LogP contribution in [0.3, 0.4) is 0 Å². The molecule has 0 bridgehead atoms. The Hall–Kier alpha value is 0.890. The van der Waals surface area contributed by atoms with Crippen LogP contribution in [0.1, 0.15) is 51.4 Å². The van der Waals surface area contributed by atoms with E-state index in [1.54, 1.807) is 0 Å². The minimum atomic E-state index is -0.791. The lowest BCUT2D eigenvalue weighted by Crippen LogP contribution is -1.87. The van der Waals surface area contributed by atoms with Gasteiger partial charge in [-0.25, -0.2) is 4.39 Å². The van der Waals surface area contributed by atoms with E-state index in [-0.39, 0.29) is 0 Å². The Labute approximate surface area is 97.9 Å². The Morgan fingerprint density at radius 1 is 0.846 bits per heavy atom. The van der Waals surface area contributed by atoms with Crippen LogP contribution in [-0.4, -0.2) is 10.4 Å². The first-order chi connectivity index (χ1) is 6.27. The topological polar surface area (TPSA) is 0 Å². The van der Waals surface area contributed by atoms with Gasteiger partial charge in [-0.1, -0.05) is 64.0 Å². The predicted octanol–water partition coefficient (Wildman–Crippen LogP) is 5.19. The van der Waals surface area contributed by atoms with Gasteiger partial charge in [-0.05, 0) is 19.3 Å². The lowest BCUT2D eigenvalue weighted by atomic mass is 10.1. The van der Waals surface area contributed by atoms with Crippen molar-refractivity contribution in [1.29, 1.82) is 0 Å². The molecule has 0 nitrogen and oxygen atoms in total. The van der Waals surface area contributed by atoms with Crippen molar-refractivity contribution in [2.24, 2.45) is 0 Å². The van der Waals surface area contributed by atoms with E-state index in [2.05, 4.69) is 31.9 Å². The molecule has 0 saturated heterocycles. The van der Waals surface area contributed by atoms with Gasteiger partial charge in [0.25, 0.3) is 0 Å². The van der Waals surface area contributed by atoms with Crippen molar-refractivity contribution >= 4 is 31.9 Å². The van der Waals surface area contributed by atoms with Crippen molar-refractivity contribution < 1.29 is 4.39 Å². The summed E-state index contributed by atoms with van der Waals surface area (Å²) in [5, 5.41) is 0.334. The van der Waals surface area contributed by atoms with E-state index in [1.807, 2.05) is 0 Å². The van der Waals surface area contributed by atoms with Crippen LogP contribution in [-0.2, 0) is 0 Å². The fraction of sp³-hybridized carbons (Fsp3) is 1.00. The highest BCUT2D eigenvalue weighted by molar-refractivity contribution is 9.09. The number of alkyl halides is 3. The summed E-state index contributed by atoms with van der Waals surface area (Å²) in [6.45, 7) is 0. The smallest absolute Gasteiger partial charge is 0.154 e. The van der Waals surface area contributed by atoms with Crippen LogP contribution >= 0.6 is 31.9 Å². The zero-order chi connectivity index (χ0) is 9.94. The van der Waals surface area contributed by atoms with E-state index in [0.29, 0.717) is 6.42 Å². The number of hydrogen-bond acceptors (Lipinski definition) is 0. The van der Waals surface area contributed by atoms with Gasteiger partial charge < -0.3 is 0 Å². The zero-order valence-electron chi connectivity index (χ0n) is 8.08. The van der Waals surface area contributed by atoms with Gasteiger partial charge in [-0.2, -0.15) is 0 Å². The van der Waals surface area contributed by atoms with Gasteiger partial charge in [0.1, 0.15) is 0 Å². The second kappa shape index (κ2) is 11.0. The fourth-order valence-electron chi connectivity index (χ4n) is 1.28. The predicted molar refractivity (Wildman–Crippen MR) is 64.6 cm³/mol. The van der Waals surface area contributed by atoms with Crippen LogP contribution in [0.15, 0.2) is 0 Å². The molecule has 0 aromatic carbocycles. The van der Waals surface area contributed by atoms with Crippen molar-refractivity contribution in [3.63, 3.8) is 0 Å². The van der Waals surface area contributed by atoms with E-state index < -0.39 is 5.08 Å². The number of halogens is 3. The monoisotopic (exact) mass is 316 g/mol. The largest absolute Gasteiger partial charge is 0.235 e. The zero-order valence-corrected chi connectivity index (χ0v) is 11.2. The van der Waals surface area contributed by atoms with Gasteiger partial charge in [-0.15, -0.1) is 0 Å². The molecular weight excluding hydrogens is 299 g/mol. The van der Waals surface area contributed by atoms with Crippen LogP contribution in [0.25, 0.3) is 0 Å². The maximum absolute atomic E-state index is 12.3. The molecule has 0 spiro atoms. The first-order valence-corrected chi connectivity index (χ1v) is 7.15. The van der Waals surface area contributed by atoms with E-state index in [9.17, 15) is 4.39 Å². The van der Waals surface area contributed by atoms with Crippen molar-refractivity contribution in [2.45, 2.75) is 56.4 Å². The second-order valence-electron chi connectivity index (χ2n) is 3.34. The summed E-state index contributed by atoms with van der Waals surface area (Å²) >= 11 is 6.32. The van der Waals surface area contributed by atoms with E-state index in [1.165, 1.54) is 38.5 Å². The van der Waals surface area contributed by atoms with Crippen molar-refractivity contribution in [3.8, 4) is 0 Å². The molecule has 0 fully saturated rings. The molecule has 13 heavy (non-hydrogen) atoms. The van der Waals surface area contributed by atoms with E-state index >= 15 is 0 Å². The Kier molecular flexibility index (Phi) is 11.7. The van der Waals surface area contributed by atoms with Crippen LogP contribution in [0.4, 0.5) is 4.39 Å². The third kappa shape index (κ3) is 12.9. The van der Waals surface area contributed by atoms with Crippen LogP contribution in [0.2, 0.25) is 0 Å². The van der Waals surface area contributed by atoms with Gasteiger partial charge in [0.15, 0.2) is 5.08 Å². The summed E-state index contributed by atoms with van der Waals surface area (Å²) in [4.78, 5) is 0. The molecule has 0 aliphatic heterocycles. The molecule has 1 unspecified atom stereocenters. The molecule has 0 aliphatic rings. The summed E-state index contributed by atoms with van der Waals surface area (Å²) < 4.78 is 12.3. The second-order valence-corrected chi connectivity index (χ2v) is 5.13. The average Bonchev–Trinajstić information content (AvgIpc) is 2.09. The number of rotatable bonds is 9. The maximum Gasteiger partial charge on any atom is 0.154 e. The quantitative estimate of drug-likeness (QED) is 0.405. The van der Waals surface area contributed by atoms with Crippen LogP contribution < -0.4 is 0 Å². The Bertz CT molecular complexity index is 96.9. The molecule has 0 aromatic heterocycles. The molecule has 0 radical (unpaired) electrons. The van der Waals surface area contributed by atoms with Crippen molar-refractivity contribution in [1.82, 2.24) is 0 Å². The molecule has 0 aromatic rings. The SMILES string of the molecule is FC(Br)CCCCCCCCCBr. The van der Waals surface area contributed by atoms with E-state index in [0.717, 1.165) is 11.8 Å². The van der Waals surface area contributed by atoms with Crippen molar-refractivity contribution in [3.05, 3.63) is 0 Å².